The van der Waals surface area contributed by atoms with E-state index >= 15 is 0 Å². The normalized spacial score (nSPS) is 11.6. The summed E-state index contributed by atoms with van der Waals surface area (Å²) in [6.07, 6.45) is -4.67. The second-order valence-corrected chi connectivity index (χ2v) is 4.21. The zero-order chi connectivity index (χ0) is 13.2. The molecule has 1 aromatic carbocycles. The van der Waals surface area contributed by atoms with Gasteiger partial charge in [-0.1, -0.05) is 12.2 Å². The Bertz CT molecular complexity index is 429. The van der Waals surface area contributed by atoms with Crippen molar-refractivity contribution in [1.82, 2.24) is 0 Å². The fourth-order valence-electron chi connectivity index (χ4n) is 1.25. The molecule has 0 aromatic heterocycles. The number of thiocarbonyl (C=S) groups is 1. The minimum Gasteiger partial charge on any atom is -0.491 e. The average molecular weight is 263 g/mol. The topological polar surface area (TPSA) is 35.2 Å². The van der Waals surface area contributed by atoms with Crippen LogP contribution in [0.4, 0.5) is 13.2 Å². The van der Waals surface area contributed by atoms with Gasteiger partial charge in [0.15, 0.2) is 0 Å². The van der Waals surface area contributed by atoms with E-state index in [1.54, 1.807) is 13.8 Å². The maximum Gasteiger partial charge on any atom is 0.416 e. The molecule has 17 heavy (non-hydrogen) atoms. The van der Waals surface area contributed by atoms with Crippen molar-refractivity contribution < 1.29 is 17.9 Å². The van der Waals surface area contributed by atoms with Gasteiger partial charge in [-0.05, 0) is 32.0 Å². The van der Waals surface area contributed by atoms with Crippen LogP contribution in [0.2, 0.25) is 0 Å². The van der Waals surface area contributed by atoms with Crippen molar-refractivity contribution in [3.8, 4) is 5.75 Å². The van der Waals surface area contributed by atoms with Crippen LogP contribution in [0, 0.1) is 0 Å². The first-order chi connectivity index (χ1) is 7.70. The Morgan fingerprint density at radius 1 is 1.29 bits per heavy atom. The summed E-state index contributed by atoms with van der Waals surface area (Å²) in [5, 5.41) is 0. The second kappa shape index (κ2) is 4.91. The largest absolute Gasteiger partial charge is 0.491 e. The Labute approximate surface area is 103 Å². The molecule has 0 radical (unpaired) electrons. The number of ether oxygens (including phenoxy) is 1. The zero-order valence-electron chi connectivity index (χ0n) is 9.34. The first-order valence-electron chi connectivity index (χ1n) is 4.89. The van der Waals surface area contributed by atoms with Crippen molar-refractivity contribution in [3.05, 3.63) is 29.3 Å². The molecule has 0 fully saturated rings. The summed E-state index contributed by atoms with van der Waals surface area (Å²) in [4.78, 5) is -0.0929. The summed E-state index contributed by atoms with van der Waals surface area (Å²) >= 11 is 4.67. The molecule has 0 saturated carbocycles. The summed E-state index contributed by atoms with van der Waals surface area (Å²) in [6.45, 7) is 3.45. The smallest absolute Gasteiger partial charge is 0.416 e. The SMILES string of the molecule is CC(C)Oc1cc(C(N)=S)cc(C(F)(F)F)c1. The van der Waals surface area contributed by atoms with Crippen molar-refractivity contribution in [2.45, 2.75) is 26.1 Å². The zero-order valence-corrected chi connectivity index (χ0v) is 10.2. The molecule has 1 rings (SSSR count). The van der Waals surface area contributed by atoms with Crippen LogP contribution >= 0.6 is 12.2 Å². The van der Waals surface area contributed by atoms with Gasteiger partial charge in [0, 0.05) is 5.56 Å². The maximum atomic E-state index is 12.6. The van der Waals surface area contributed by atoms with Crippen LogP contribution in [0.5, 0.6) is 5.75 Å². The third-order valence-electron chi connectivity index (χ3n) is 1.89. The standard InChI is InChI=1S/C11H12F3NOS/c1-6(2)16-9-4-7(10(15)17)3-8(5-9)11(12,13)14/h3-6H,1-2H3,(H2,15,17). The molecule has 0 amide bonds. The van der Waals surface area contributed by atoms with Crippen LogP contribution < -0.4 is 10.5 Å². The molecule has 0 atom stereocenters. The van der Waals surface area contributed by atoms with Crippen LogP contribution in [-0.2, 0) is 6.18 Å². The molecule has 0 aliphatic carbocycles. The Morgan fingerprint density at radius 3 is 2.29 bits per heavy atom. The Balaban J connectivity index is 3.24. The molecule has 0 saturated heterocycles. The van der Waals surface area contributed by atoms with E-state index in [1.807, 2.05) is 0 Å². The summed E-state index contributed by atoms with van der Waals surface area (Å²) in [5.74, 6) is 0.109. The van der Waals surface area contributed by atoms with E-state index in [0.29, 0.717) is 0 Å². The first-order valence-corrected chi connectivity index (χ1v) is 5.29. The highest BCUT2D eigenvalue weighted by molar-refractivity contribution is 7.80. The van der Waals surface area contributed by atoms with Gasteiger partial charge in [0.25, 0.3) is 0 Å². The third kappa shape index (κ3) is 3.89. The van der Waals surface area contributed by atoms with E-state index in [1.165, 1.54) is 6.07 Å². The third-order valence-corrected chi connectivity index (χ3v) is 2.13. The van der Waals surface area contributed by atoms with Gasteiger partial charge in [-0.3, -0.25) is 0 Å². The number of halogens is 3. The monoisotopic (exact) mass is 263 g/mol. The molecule has 0 unspecified atom stereocenters. The fraction of sp³-hybridized carbons (Fsp3) is 0.364. The lowest BCUT2D eigenvalue weighted by molar-refractivity contribution is -0.137. The molecule has 0 bridgehead atoms. The molecule has 2 N–H and O–H groups in total. The molecule has 1 aromatic rings. The van der Waals surface area contributed by atoms with E-state index in [4.69, 9.17) is 10.5 Å². The van der Waals surface area contributed by atoms with E-state index in [0.717, 1.165) is 12.1 Å². The quantitative estimate of drug-likeness (QED) is 0.851. The Kier molecular flexibility index (Phi) is 3.98. The molecule has 2 nitrogen and oxygen atoms in total. The summed E-state index contributed by atoms with van der Waals surface area (Å²) in [7, 11) is 0. The molecule has 94 valence electrons. The van der Waals surface area contributed by atoms with Crippen molar-refractivity contribution in [2.24, 2.45) is 5.73 Å². The molecular formula is C11H12F3NOS. The van der Waals surface area contributed by atoms with Gasteiger partial charge in [0.1, 0.15) is 10.7 Å². The average Bonchev–Trinajstić information content (AvgIpc) is 2.14. The van der Waals surface area contributed by atoms with Crippen LogP contribution in [-0.4, -0.2) is 11.1 Å². The minimum absolute atomic E-state index is 0.0929. The van der Waals surface area contributed by atoms with E-state index < -0.39 is 11.7 Å². The van der Waals surface area contributed by atoms with E-state index in [-0.39, 0.29) is 22.4 Å². The van der Waals surface area contributed by atoms with Crippen LogP contribution in [0.25, 0.3) is 0 Å². The second-order valence-electron chi connectivity index (χ2n) is 3.77. The van der Waals surface area contributed by atoms with Crippen LogP contribution in [0.15, 0.2) is 18.2 Å². The van der Waals surface area contributed by atoms with Gasteiger partial charge in [-0.25, -0.2) is 0 Å². The lowest BCUT2D eigenvalue weighted by atomic mass is 10.1. The van der Waals surface area contributed by atoms with Gasteiger partial charge in [-0.2, -0.15) is 13.2 Å². The Hall–Kier alpha value is -1.30. The van der Waals surface area contributed by atoms with Crippen molar-refractivity contribution in [3.63, 3.8) is 0 Å². The number of alkyl halides is 3. The van der Waals surface area contributed by atoms with Crippen molar-refractivity contribution >= 4 is 17.2 Å². The van der Waals surface area contributed by atoms with Gasteiger partial charge >= 0.3 is 6.18 Å². The maximum absolute atomic E-state index is 12.6. The molecule has 0 spiro atoms. The molecule has 6 heteroatoms. The summed E-state index contributed by atoms with van der Waals surface area (Å²) in [5.41, 5.74) is 4.66. The van der Waals surface area contributed by atoms with Crippen molar-refractivity contribution in [2.75, 3.05) is 0 Å². The number of rotatable bonds is 3. The van der Waals surface area contributed by atoms with Crippen LogP contribution in [0.3, 0.4) is 0 Å². The van der Waals surface area contributed by atoms with Crippen molar-refractivity contribution in [1.29, 1.82) is 0 Å². The predicted octanol–water partition coefficient (Wildman–Crippen LogP) is 3.13. The molecule has 0 aliphatic heterocycles. The van der Waals surface area contributed by atoms with E-state index in [2.05, 4.69) is 12.2 Å². The fourth-order valence-corrected chi connectivity index (χ4v) is 1.36. The number of nitrogens with two attached hydrogens (primary N) is 1. The predicted molar refractivity (Wildman–Crippen MR) is 63.1 cm³/mol. The number of hydrogen-bond acceptors (Lipinski definition) is 2. The summed E-state index contributed by atoms with van der Waals surface area (Å²) in [6, 6.07) is 3.24. The number of hydrogen-bond donors (Lipinski definition) is 1. The summed E-state index contributed by atoms with van der Waals surface area (Å²) < 4.78 is 43.1. The first kappa shape index (κ1) is 13.8. The van der Waals surface area contributed by atoms with Crippen LogP contribution in [0.1, 0.15) is 25.0 Å². The van der Waals surface area contributed by atoms with E-state index in [9.17, 15) is 13.2 Å². The minimum atomic E-state index is -4.45. The Morgan fingerprint density at radius 2 is 1.88 bits per heavy atom. The molecule has 0 heterocycles. The highest BCUT2D eigenvalue weighted by Crippen LogP contribution is 2.32. The number of benzene rings is 1. The van der Waals surface area contributed by atoms with Gasteiger partial charge < -0.3 is 10.5 Å². The lowest BCUT2D eigenvalue weighted by Gasteiger charge is -2.14. The molecular weight excluding hydrogens is 251 g/mol. The van der Waals surface area contributed by atoms with Gasteiger partial charge in [-0.15, -0.1) is 0 Å². The highest BCUT2D eigenvalue weighted by Gasteiger charge is 2.31. The van der Waals surface area contributed by atoms with Gasteiger partial charge in [0.2, 0.25) is 0 Å². The molecule has 0 aliphatic rings. The van der Waals surface area contributed by atoms with Gasteiger partial charge in [0.05, 0.1) is 11.7 Å². The lowest BCUT2D eigenvalue weighted by Crippen LogP contribution is -2.14. The highest BCUT2D eigenvalue weighted by atomic mass is 32.1.